The van der Waals surface area contributed by atoms with E-state index >= 15 is 0 Å². The van der Waals surface area contributed by atoms with Gasteiger partial charge in [-0.15, -0.1) is 22.7 Å². The zero-order chi connectivity index (χ0) is 49.5. The molecule has 0 N–H and O–H groups in total. The van der Waals surface area contributed by atoms with Crippen LogP contribution in [0.4, 0.5) is 34.1 Å². The molecule has 7 heteroatoms. The minimum atomic E-state index is -0.0742. The van der Waals surface area contributed by atoms with Gasteiger partial charge in [-0.2, -0.15) is 0 Å². The number of nitrogens with zero attached hydrogens (tertiary/aromatic N) is 3. The zero-order valence-electron chi connectivity index (χ0n) is 42.2. The topological polar surface area (TPSA) is 28.6 Å². The lowest BCUT2D eigenvalue weighted by Crippen LogP contribution is -2.58. The van der Waals surface area contributed by atoms with Gasteiger partial charge in [0.05, 0.1) is 16.1 Å². The van der Waals surface area contributed by atoms with Gasteiger partial charge in [-0.05, 0) is 174 Å². The zero-order valence-corrected chi connectivity index (χ0v) is 43.8. The molecule has 4 aliphatic carbocycles. The van der Waals surface area contributed by atoms with Crippen molar-refractivity contribution >= 4 is 109 Å². The fourth-order valence-electron chi connectivity index (χ4n) is 14.9. The van der Waals surface area contributed by atoms with Crippen LogP contribution in [0.25, 0.3) is 52.5 Å². The Bertz CT molecular complexity index is 4040. The molecule has 0 atom stereocenters. The summed E-state index contributed by atoms with van der Waals surface area (Å²) >= 11 is 3.81. The predicted molar refractivity (Wildman–Crippen MR) is 318 cm³/mol. The third-order valence-corrected chi connectivity index (χ3v) is 20.3. The number of pyridine rings is 1. The van der Waals surface area contributed by atoms with Crippen LogP contribution in [0.5, 0.6) is 11.5 Å². The van der Waals surface area contributed by atoms with E-state index in [-0.39, 0.29) is 12.1 Å². The first-order valence-corrected chi connectivity index (χ1v) is 28.8. The number of rotatable bonds is 8. The molecule has 0 saturated heterocycles. The maximum atomic E-state index is 7.66. The fraction of sp³-hybridized carbons (Fsp3) is 0.191. The molecule has 0 amide bonds. The summed E-state index contributed by atoms with van der Waals surface area (Å²) in [7, 11) is 0. The molecule has 5 heterocycles. The standard InChI is InChI=1S/C68H54BN3OS2/c1-41(2)45-19-23-51(24-20-45)71(50-15-7-4-8-16-50)52-25-26-57-60(35-52)73-65-63-59(36-55-53-17-9-10-18-61(53)74-66(55)65)72(64-56-33-47(48-14-11-29-70-40-48)21-28-62(56)75-67(64)69(57)63)58-27-22-49(34-54(58)46-12-5-3-6-13-46)68-37-42-30-43(38-68)32-44(31-42)39-68/h3-29,33-36,40-44H,30-32,37-39H2,1-2H3. The molecular weight excluding hydrogens is 950 g/mol. The summed E-state index contributed by atoms with van der Waals surface area (Å²) < 4.78 is 12.7. The van der Waals surface area contributed by atoms with Crippen molar-refractivity contribution in [3.8, 4) is 33.8 Å². The van der Waals surface area contributed by atoms with E-state index in [2.05, 4.69) is 205 Å². The van der Waals surface area contributed by atoms with Crippen molar-refractivity contribution < 1.29 is 4.74 Å². The van der Waals surface area contributed by atoms with Crippen LogP contribution in [0, 0.1) is 17.8 Å². The maximum absolute atomic E-state index is 7.66. The van der Waals surface area contributed by atoms with Gasteiger partial charge in [-0.25, -0.2) is 0 Å². The molecule has 4 bridgehead atoms. The summed E-state index contributed by atoms with van der Waals surface area (Å²) in [4.78, 5) is 9.64. The van der Waals surface area contributed by atoms with Gasteiger partial charge in [0.2, 0.25) is 0 Å². The Morgan fingerprint density at radius 2 is 1.31 bits per heavy atom. The van der Waals surface area contributed by atoms with E-state index in [0.29, 0.717) is 5.92 Å². The van der Waals surface area contributed by atoms with E-state index in [4.69, 9.17) is 4.74 Å². The second-order valence-electron chi connectivity index (χ2n) is 22.7. The molecule has 4 nitrogen and oxygen atoms in total. The van der Waals surface area contributed by atoms with E-state index in [1.54, 1.807) is 5.56 Å². The van der Waals surface area contributed by atoms with Crippen molar-refractivity contribution in [1.82, 2.24) is 4.98 Å². The average Bonchev–Trinajstić information content (AvgIpc) is 4.07. The summed E-state index contributed by atoms with van der Waals surface area (Å²) in [6, 6.07) is 68.7. The van der Waals surface area contributed by atoms with Crippen molar-refractivity contribution in [3.05, 3.63) is 206 Å². The van der Waals surface area contributed by atoms with Crippen molar-refractivity contribution in [2.24, 2.45) is 17.8 Å². The van der Waals surface area contributed by atoms with Gasteiger partial charge in [0.15, 0.2) is 0 Å². The summed E-state index contributed by atoms with van der Waals surface area (Å²) in [6.07, 6.45) is 12.2. The molecule has 11 aromatic rings. The number of para-hydroxylation sites is 1. The third-order valence-electron chi connectivity index (χ3n) is 17.9. The van der Waals surface area contributed by atoms with Crippen molar-refractivity contribution in [1.29, 1.82) is 0 Å². The van der Waals surface area contributed by atoms with Crippen LogP contribution in [-0.2, 0) is 5.41 Å². The smallest absolute Gasteiger partial charge is 0.268 e. The molecule has 4 saturated carbocycles. The number of fused-ring (bicyclic) bond motifs is 10. The van der Waals surface area contributed by atoms with Gasteiger partial charge < -0.3 is 14.5 Å². The molecule has 8 aromatic carbocycles. The van der Waals surface area contributed by atoms with E-state index < -0.39 is 0 Å². The Hall–Kier alpha value is -7.45. The number of ether oxygens (including phenoxy) is 1. The predicted octanol–water partition coefficient (Wildman–Crippen LogP) is 17.5. The highest BCUT2D eigenvalue weighted by Gasteiger charge is 2.52. The molecular formula is C68H54BN3OS2. The fourth-order valence-corrected chi connectivity index (χ4v) is 17.4. The Morgan fingerprint density at radius 1 is 0.600 bits per heavy atom. The number of hydrogen-bond acceptors (Lipinski definition) is 6. The van der Waals surface area contributed by atoms with E-state index in [0.717, 1.165) is 51.9 Å². The van der Waals surface area contributed by atoms with Crippen molar-refractivity contribution in [3.63, 3.8) is 0 Å². The highest BCUT2D eigenvalue weighted by atomic mass is 32.1. The quantitative estimate of drug-likeness (QED) is 0.142. The molecule has 0 radical (unpaired) electrons. The number of benzene rings is 8. The third kappa shape index (κ3) is 6.83. The molecule has 4 fully saturated rings. The summed E-state index contributed by atoms with van der Waals surface area (Å²) in [6.45, 7) is 4.44. The first kappa shape index (κ1) is 43.9. The number of hydrogen-bond donors (Lipinski definition) is 0. The van der Waals surface area contributed by atoms with E-state index in [1.165, 1.54) is 124 Å². The average molecular weight is 1000 g/mol. The van der Waals surface area contributed by atoms with Gasteiger partial charge >= 0.3 is 0 Å². The summed E-state index contributed by atoms with van der Waals surface area (Å²) in [5.74, 6) is 4.90. The van der Waals surface area contributed by atoms with Crippen LogP contribution in [-0.4, -0.2) is 11.7 Å². The minimum Gasteiger partial charge on any atom is -0.457 e. The van der Waals surface area contributed by atoms with E-state index in [1.807, 2.05) is 41.1 Å². The SMILES string of the molecule is CC(C)c1ccc(N(c2ccccc2)c2ccc3c(c2)Oc2c4c(cc5c2sc2ccccc25)N(c2ccc(C56CC7CC(CC(C7)C5)C6)cc2-c2ccccc2)c2c(sc5ccc(-c6cccnc6)cc25)B34)cc1. The summed E-state index contributed by atoms with van der Waals surface area (Å²) in [5.41, 5.74) is 17.3. The number of aromatic nitrogens is 1. The maximum Gasteiger partial charge on any atom is 0.268 e. The minimum absolute atomic E-state index is 0.0742. The van der Waals surface area contributed by atoms with Crippen LogP contribution < -0.4 is 30.2 Å². The lowest BCUT2D eigenvalue weighted by molar-refractivity contribution is -0.00516. The summed E-state index contributed by atoms with van der Waals surface area (Å²) in [5, 5.41) is 3.75. The molecule has 362 valence electrons. The lowest BCUT2D eigenvalue weighted by Gasteiger charge is -2.57. The second-order valence-corrected chi connectivity index (χ2v) is 24.8. The Kier molecular flexibility index (Phi) is 9.82. The molecule has 0 unspecified atom stereocenters. The molecule has 3 aromatic heterocycles. The van der Waals surface area contributed by atoms with Crippen molar-refractivity contribution in [2.45, 2.75) is 63.7 Å². The largest absolute Gasteiger partial charge is 0.457 e. The first-order chi connectivity index (χ1) is 36.9. The van der Waals surface area contributed by atoms with Crippen LogP contribution in [0.15, 0.2) is 194 Å². The molecule has 0 spiro atoms. The van der Waals surface area contributed by atoms with Gasteiger partial charge in [0.1, 0.15) is 11.5 Å². The highest BCUT2D eigenvalue weighted by molar-refractivity contribution is 7.34. The normalized spacial score (nSPS) is 19.9. The van der Waals surface area contributed by atoms with Crippen LogP contribution in [0.3, 0.4) is 0 Å². The monoisotopic (exact) mass is 1000 g/mol. The highest BCUT2D eigenvalue weighted by Crippen LogP contribution is 2.62. The number of anilines is 6. The van der Waals surface area contributed by atoms with Crippen LogP contribution >= 0.6 is 22.7 Å². The van der Waals surface area contributed by atoms with Crippen LogP contribution in [0.1, 0.15) is 69.4 Å². The molecule has 17 rings (SSSR count). The Labute approximate surface area is 447 Å². The van der Waals surface area contributed by atoms with Gasteiger partial charge in [-0.1, -0.05) is 117 Å². The Morgan fingerprint density at radius 3 is 2.07 bits per heavy atom. The molecule has 2 aliphatic heterocycles. The first-order valence-electron chi connectivity index (χ1n) is 27.1. The van der Waals surface area contributed by atoms with Gasteiger partial charge in [0, 0.05) is 82.7 Å². The van der Waals surface area contributed by atoms with Gasteiger partial charge in [0.25, 0.3) is 6.71 Å². The van der Waals surface area contributed by atoms with Crippen LogP contribution in [0.2, 0.25) is 0 Å². The molecule has 6 aliphatic rings. The lowest BCUT2D eigenvalue weighted by atomic mass is 9.37. The Balaban J connectivity index is 0.964. The number of thiophene rings is 2. The van der Waals surface area contributed by atoms with E-state index in [9.17, 15) is 0 Å². The second kappa shape index (κ2) is 16.8. The van der Waals surface area contributed by atoms with Crippen molar-refractivity contribution in [2.75, 3.05) is 9.80 Å². The molecule has 75 heavy (non-hydrogen) atoms. The van der Waals surface area contributed by atoms with Gasteiger partial charge in [-0.3, -0.25) is 4.98 Å².